The third-order valence-electron chi connectivity index (χ3n) is 5.33. The molecule has 2 N–H and O–H groups in total. The number of carboxylic acid groups (broad SMARTS) is 1. The normalized spacial score (nSPS) is 23.2. The van der Waals surface area contributed by atoms with E-state index in [0.717, 1.165) is 32.1 Å². The minimum absolute atomic E-state index is 0.354. The van der Waals surface area contributed by atoms with Gasteiger partial charge in [-0.2, -0.15) is 0 Å². The highest BCUT2D eigenvalue weighted by atomic mass is 16.4. The van der Waals surface area contributed by atoms with Crippen LogP contribution in [-0.2, 0) is 6.54 Å². The fraction of sp³-hybridized carbons (Fsp3) is 0.381. The van der Waals surface area contributed by atoms with Gasteiger partial charge in [-0.05, 0) is 35.6 Å². The summed E-state index contributed by atoms with van der Waals surface area (Å²) >= 11 is 0. The minimum atomic E-state index is -0.865. The Balaban J connectivity index is 1.16. The fourth-order valence-electron chi connectivity index (χ4n) is 3.75. The molecule has 130 valence electrons. The lowest BCUT2D eigenvalue weighted by Crippen LogP contribution is -2.50. The molecule has 1 aliphatic carbocycles. The average molecular weight is 336 g/mol. The summed E-state index contributed by atoms with van der Waals surface area (Å²) in [6, 6.07) is 18.6. The smallest absolute Gasteiger partial charge is 0.335 e. The Hall–Kier alpha value is -2.17. The largest absolute Gasteiger partial charge is 0.478 e. The van der Waals surface area contributed by atoms with E-state index in [1.54, 1.807) is 12.1 Å². The Kier molecular flexibility index (Phi) is 4.55. The quantitative estimate of drug-likeness (QED) is 0.816. The molecule has 1 saturated carbocycles. The highest BCUT2D eigenvalue weighted by Crippen LogP contribution is 2.40. The molecule has 2 aromatic rings. The van der Waals surface area contributed by atoms with E-state index >= 15 is 0 Å². The molecule has 0 amide bonds. The maximum Gasteiger partial charge on any atom is 0.335 e. The van der Waals surface area contributed by atoms with Crippen LogP contribution in [0.5, 0.6) is 0 Å². The summed E-state index contributed by atoms with van der Waals surface area (Å²) in [4.78, 5) is 13.3. The summed E-state index contributed by atoms with van der Waals surface area (Å²) in [5.74, 6) is 0.566. The second-order valence-corrected chi connectivity index (χ2v) is 7.33. The van der Waals surface area contributed by atoms with Gasteiger partial charge in [0.2, 0.25) is 0 Å². The van der Waals surface area contributed by atoms with Gasteiger partial charge in [-0.25, -0.2) is 4.79 Å². The van der Waals surface area contributed by atoms with Crippen LogP contribution in [0.15, 0.2) is 54.6 Å². The molecule has 2 unspecified atom stereocenters. The van der Waals surface area contributed by atoms with E-state index in [1.807, 2.05) is 12.1 Å². The molecule has 0 aromatic heterocycles. The van der Waals surface area contributed by atoms with Crippen molar-refractivity contribution >= 4 is 5.97 Å². The van der Waals surface area contributed by atoms with E-state index in [4.69, 9.17) is 5.11 Å². The van der Waals surface area contributed by atoms with Crippen LogP contribution in [0, 0.1) is 5.92 Å². The van der Waals surface area contributed by atoms with Crippen molar-refractivity contribution in [2.24, 2.45) is 5.92 Å². The number of benzene rings is 2. The van der Waals surface area contributed by atoms with E-state index in [0.29, 0.717) is 17.5 Å². The number of carboxylic acids is 1. The Morgan fingerprint density at radius 2 is 1.80 bits per heavy atom. The highest BCUT2D eigenvalue weighted by molar-refractivity contribution is 5.87. The van der Waals surface area contributed by atoms with Crippen LogP contribution in [0.3, 0.4) is 0 Å². The predicted molar refractivity (Wildman–Crippen MR) is 97.8 cm³/mol. The molecule has 4 nitrogen and oxygen atoms in total. The van der Waals surface area contributed by atoms with Crippen molar-refractivity contribution in [3.8, 4) is 0 Å². The van der Waals surface area contributed by atoms with Gasteiger partial charge < -0.3 is 10.4 Å². The van der Waals surface area contributed by atoms with Crippen LogP contribution in [0.1, 0.15) is 33.8 Å². The maximum absolute atomic E-state index is 10.9. The van der Waals surface area contributed by atoms with Crippen molar-refractivity contribution in [1.29, 1.82) is 0 Å². The number of nitrogens with one attached hydrogen (secondary N) is 1. The van der Waals surface area contributed by atoms with Gasteiger partial charge in [0.05, 0.1) is 5.56 Å². The summed E-state index contributed by atoms with van der Waals surface area (Å²) in [5, 5.41) is 12.7. The predicted octanol–water partition coefficient (Wildman–Crippen LogP) is 2.96. The number of likely N-dealkylation sites (tertiary alicyclic amines) is 1. The van der Waals surface area contributed by atoms with Crippen LogP contribution in [0.25, 0.3) is 0 Å². The van der Waals surface area contributed by atoms with Crippen LogP contribution >= 0.6 is 0 Å². The number of aromatic carboxylic acids is 1. The molecule has 25 heavy (non-hydrogen) atoms. The number of nitrogens with zero attached hydrogens (tertiary/aromatic N) is 1. The lowest BCUT2D eigenvalue weighted by molar-refractivity contribution is 0.0696. The zero-order valence-corrected chi connectivity index (χ0v) is 14.3. The van der Waals surface area contributed by atoms with E-state index in [9.17, 15) is 4.79 Å². The zero-order chi connectivity index (χ0) is 17.2. The average Bonchev–Trinajstić information content (AvgIpc) is 3.37. The number of carbonyl (C=O) groups is 1. The molecular weight excluding hydrogens is 312 g/mol. The Labute approximate surface area is 148 Å². The van der Waals surface area contributed by atoms with Crippen molar-refractivity contribution in [2.75, 3.05) is 19.6 Å². The Bertz CT molecular complexity index is 723. The molecule has 2 aromatic carbocycles. The number of rotatable bonds is 7. The second-order valence-electron chi connectivity index (χ2n) is 7.33. The van der Waals surface area contributed by atoms with Crippen LogP contribution in [-0.4, -0.2) is 41.7 Å². The molecule has 0 radical (unpaired) electrons. The lowest BCUT2D eigenvalue weighted by Gasteiger charge is -2.39. The molecule has 0 bridgehead atoms. The molecule has 2 aliphatic rings. The van der Waals surface area contributed by atoms with Gasteiger partial charge in [0.25, 0.3) is 0 Å². The molecule has 1 saturated heterocycles. The standard InChI is InChI=1S/C21H24N2O2/c24-21(25)18-8-6-15(7-9-18)12-23-13-16(14-23)11-22-20-10-19(20)17-4-2-1-3-5-17/h1-9,16,19-20,22H,10-14H2,(H,24,25). The second kappa shape index (κ2) is 6.98. The first-order chi connectivity index (χ1) is 12.2. The van der Waals surface area contributed by atoms with Crippen molar-refractivity contribution in [3.05, 3.63) is 71.3 Å². The van der Waals surface area contributed by atoms with E-state index in [-0.39, 0.29) is 0 Å². The molecule has 0 spiro atoms. The molecule has 4 rings (SSSR count). The third-order valence-corrected chi connectivity index (χ3v) is 5.33. The molecular formula is C21H24N2O2. The van der Waals surface area contributed by atoms with Crippen molar-refractivity contribution in [3.63, 3.8) is 0 Å². The van der Waals surface area contributed by atoms with E-state index in [1.165, 1.54) is 17.5 Å². The van der Waals surface area contributed by atoms with Gasteiger partial charge in [-0.3, -0.25) is 4.90 Å². The van der Waals surface area contributed by atoms with Crippen LogP contribution < -0.4 is 5.32 Å². The van der Waals surface area contributed by atoms with Gasteiger partial charge in [0.1, 0.15) is 0 Å². The molecule has 1 aliphatic heterocycles. The summed E-state index contributed by atoms with van der Waals surface area (Å²) in [5.41, 5.74) is 3.00. The third kappa shape index (κ3) is 3.91. The monoisotopic (exact) mass is 336 g/mol. The number of hydrogen-bond donors (Lipinski definition) is 2. The van der Waals surface area contributed by atoms with Gasteiger partial charge in [-0.15, -0.1) is 0 Å². The fourth-order valence-corrected chi connectivity index (χ4v) is 3.75. The topological polar surface area (TPSA) is 52.6 Å². The first-order valence-electron chi connectivity index (χ1n) is 9.02. The highest BCUT2D eigenvalue weighted by Gasteiger charge is 2.38. The summed E-state index contributed by atoms with van der Waals surface area (Å²) < 4.78 is 0. The van der Waals surface area contributed by atoms with E-state index in [2.05, 4.69) is 40.5 Å². The van der Waals surface area contributed by atoms with Crippen LogP contribution in [0.2, 0.25) is 0 Å². The van der Waals surface area contributed by atoms with Crippen molar-refractivity contribution < 1.29 is 9.90 Å². The SMILES string of the molecule is O=C(O)c1ccc(CN2CC(CNC3CC3c3ccccc3)C2)cc1. The summed E-state index contributed by atoms with van der Waals surface area (Å²) in [6.07, 6.45) is 1.26. The van der Waals surface area contributed by atoms with Crippen molar-refractivity contribution in [2.45, 2.75) is 24.9 Å². The first kappa shape index (κ1) is 16.3. The number of hydrogen-bond acceptors (Lipinski definition) is 3. The molecule has 1 heterocycles. The van der Waals surface area contributed by atoms with E-state index < -0.39 is 5.97 Å². The summed E-state index contributed by atoms with van der Waals surface area (Å²) in [6.45, 7) is 4.25. The zero-order valence-electron chi connectivity index (χ0n) is 14.3. The molecule has 2 atom stereocenters. The summed E-state index contributed by atoms with van der Waals surface area (Å²) in [7, 11) is 0. The van der Waals surface area contributed by atoms with Gasteiger partial charge in [-0.1, -0.05) is 42.5 Å². The van der Waals surface area contributed by atoms with Gasteiger partial charge >= 0.3 is 5.97 Å². The molecule has 4 heteroatoms. The Morgan fingerprint density at radius 3 is 2.48 bits per heavy atom. The van der Waals surface area contributed by atoms with Gasteiger partial charge in [0.15, 0.2) is 0 Å². The molecule has 2 fully saturated rings. The lowest BCUT2D eigenvalue weighted by atomic mass is 9.99. The van der Waals surface area contributed by atoms with Crippen molar-refractivity contribution in [1.82, 2.24) is 10.2 Å². The maximum atomic E-state index is 10.9. The van der Waals surface area contributed by atoms with Gasteiger partial charge in [0, 0.05) is 38.1 Å². The first-order valence-corrected chi connectivity index (χ1v) is 9.02. The van der Waals surface area contributed by atoms with Crippen LogP contribution in [0.4, 0.5) is 0 Å². The Morgan fingerprint density at radius 1 is 1.08 bits per heavy atom. The minimum Gasteiger partial charge on any atom is -0.478 e.